The molecular weight excluding hydrogens is 328 g/mol. The first-order chi connectivity index (χ1) is 11.3. The number of fused-ring (bicyclic) bond motifs is 1. The zero-order chi connectivity index (χ0) is 17.3. The standard InChI is InChI=1S/C16H22N4O3S/c1-11-3-4-13-14(7-11)19-15(18-13)8-17-16(21)9-20(2)12-5-6-24(22,23)10-12/h3-4,7,12H,5-6,8-10H2,1-2H3,(H,17,21)(H,18,19). The lowest BCUT2D eigenvalue weighted by molar-refractivity contribution is -0.122. The lowest BCUT2D eigenvalue weighted by Crippen LogP contribution is -2.41. The van der Waals surface area contributed by atoms with E-state index in [1.54, 1.807) is 7.05 Å². The first-order valence-electron chi connectivity index (χ1n) is 7.95. The van der Waals surface area contributed by atoms with Crippen molar-refractivity contribution < 1.29 is 13.2 Å². The quantitative estimate of drug-likeness (QED) is 0.824. The molecule has 1 unspecified atom stereocenters. The maximum Gasteiger partial charge on any atom is 0.234 e. The highest BCUT2D eigenvalue weighted by atomic mass is 32.2. The van der Waals surface area contributed by atoms with Gasteiger partial charge >= 0.3 is 0 Å². The van der Waals surface area contributed by atoms with Crippen molar-refractivity contribution in [1.82, 2.24) is 20.2 Å². The van der Waals surface area contributed by atoms with E-state index in [2.05, 4.69) is 15.3 Å². The summed E-state index contributed by atoms with van der Waals surface area (Å²) < 4.78 is 23.0. The van der Waals surface area contributed by atoms with Crippen molar-refractivity contribution in [2.24, 2.45) is 0 Å². The van der Waals surface area contributed by atoms with E-state index in [-0.39, 0.29) is 30.0 Å². The molecule has 1 amide bonds. The molecule has 0 aliphatic carbocycles. The summed E-state index contributed by atoms with van der Waals surface area (Å²) in [6, 6.07) is 5.88. The van der Waals surface area contributed by atoms with Gasteiger partial charge in [-0.1, -0.05) is 6.07 Å². The second-order valence-corrected chi connectivity index (χ2v) is 8.68. The van der Waals surface area contributed by atoms with Crippen LogP contribution in [0.3, 0.4) is 0 Å². The van der Waals surface area contributed by atoms with Gasteiger partial charge in [0, 0.05) is 6.04 Å². The van der Waals surface area contributed by atoms with Crippen LogP contribution in [0.5, 0.6) is 0 Å². The Balaban J connectivity index is 1.53. The highest BCUT2D eigenvalue weighted by molar-refractivity contribution is 7.91. The fourth-order valence-electron chi connectivity index (χ4n) is 2.98. The summed E-state index contributed by atoms with van der Waals surface area (Å²) in [5.41, 5.74) is 2.97. The van der Waals surface area contributed by atoms with E-state index in [1.165, 1.54) is 0 Å². The van der Waals surface area contributed by atoms with Crippen molar-refractivity contribution in [2.45, 2.75) is 25.9 Å². The maximum absolute atomic E-state index is 12.1. The summed E-state index contributed by atoms with van der Waals surface area (Å²) in [6.45, 7) is 2.52. The third kappa shape index (κ3) is 3.93. The van der Waals surface area contributed by atoms with Gasteiger partial charge in [-0.15, -0.1) is 0 Å². The molecule has 2 aromatic rings. The topological polar surface area (TPSA) is 95.2 Å². The Morgan fingerprint density at radius 3 is 2.96 bits per heavy atom. The summed E-state index contributed by atoms with van der Waals surface area (Å²) in [5.74, 6) is 0.912. The smallest absolute Gasteiger partial charge is 0.234 e. The molecule has 1 aromatic heterocycles. The molecule has 0 radical (unpaired) electrons. The largest absolute Gasteiger partial charge is 0.348 e. The molecule has 0 saturated carbocycles. The number of H-pyrrole nitrogens is 1. The lowest BCUT2D eigenvalue weighted by Gasteiger charge is -2.22. The number of carbonyl (C=O) groups excluding carboxylic acids is 1. The van der Waals surface area contributed by atoms with Gasteiger partial charge in [0.15, 0.2) is 9.84 Å². The average molecular weight is 350 g/mol. The number of hydrogen-bond donors (Lipinski definition) is 2. The average Bonchev–Trinajstić information content (AvgIpc) is 3.07. The lowest BCUT2D eigenvalue weighted by atomic mass is 10.2. The van der Waals surface area contributed by atoms with Crippen molar-refractivity contribution in [3.8, 4) is 0 Å². The minimum Gasteiger partial charge on any atom is -0.348 e. The van der Waals surface area contributed by atoms with Crippen molar-refractivity contribution in [3.05, 3.63) is 29.6 Å². The third-order valence-corrected chi connectivity index (χ3v) is 6.11. The molecule has 1 aliphatic rings. The molecule has 8 heteroatoms. The van der Waals surface area contributed by atoms with Crippen molar-refractivity contribution >= 4 is 26.8 Å². The molecule has 1 atom stereocenters. The number of amides is 1. The minimum atomic E-state index is -2.94. The van der Waals surface area contributed by atoms with Gasteiger partial charge in [-0.25, -0.2) is 13.4 Å². The van der Waals surface area contributed by atoms with Crippen LogP contribution in [0.1, 0.15) is 17.8 Å². The van der Waals surface area contributed by atoms with Gasteiger partial charge in [-0.3, -0.25) is 9.69 Å². The van der Waals surface area contributed by atoms with Crippen LogP contribution in [0.2, 0.25) is 0 Å². The highest BCUT2D eigenvalue weighted by Gasteiger charge is 2.31. The number of rotatable bonds is 5. The Morgan fingerprint density at radius 2 is 2.25 bits per heavy atom. The Labute approximate surface area is 141 Å². The molecule has 1 aliphatic heterocycles. The zero-order valence-corrected chi connectivity index (χ0v) is 14.7. The van der Waals surface area contributed by atoms with E-state index in [0.717, 1.165) is 16.6 Å². The van der Waals surface area contributed by atoms with Gasteiger partial charge in [-0.2, -0.15) is 0 Å². The number of sulfone groups is 1. The summed E-state index contributed by atoms with van der Waals surface area (Å²) in [7, 11) is -1.15. The number of aryl methyl sites for hydroxylation is 1. The summed E-state index contributed by atoms with van der Waals surface area (Å²) >= 11 is 0. The fourth-order valence-corrected chi connectivity index (χ4v) is 4.78. The number of benzene rings is 1. The van der Waals surface area contributed by atoms with Gasteiger partial charge < -0.3 is 10.3 Å². The van der Waals surface area contributed by atoms with Crippen LogP contribution in [0.15, 0.2) is 18.2 Å². The fraction of sp³-hybridized carbons (Fsp3) is 0.500. The third-order valence-electron chi connectivity index (χ3n) is 4.36. The number of nitrogens with one attached hydrogen (secondary N) is 2. The van der Waals surface area contributed by atoms with E-state index in [4.69, 9.17) is 0 Å². The molecule has 24 heavy (non-hydrogen) atoms. The SMILES string of the molecule is Cc1ccc2nc(CNC(=O)CN(C)C3CCS(=O)(=O)C3)[nH]c2c1. The van der Waals surface area contributed by atoms with Gasteiger partial charge in [0.2, 0.25) is 5.91 Å². The summed E-state index contributed by atoms with van der Waals surface area (Å²) in [6.07, 6.45) is 0.592. The summed E-state index contributed by atoms with van der Waals surface area (Å²) in [4.78, 5) is 21.5. The second-order valence-electron chi connectivity index (χ2n) is 6.45. The van der Waals surface area contributed by atoms with Gasteiger partial charge in [0.1, 0.15) is 5.82 Å². The normalized spacial score (nSPS) is 19.9. The van der Waals surface area contributed by atoms with Crippen LogP contribution in [0.25, 0.3) is 11.0 Å². The predicted molar refractivity (Wildman–Crippen MR) is 92.4 cm³/mol. The van der Waals surface area contributed by atoms with Crippen LogP contribution >= 0.6 is 0 Å². The predicted octanol–water partition coefficient (Wildman–Crippen LogP) is 0.606. The van der Waals surface area contributed by atoms with Gasteiger partial charge in [0.25, 0.3) is 0 Å². The van der Waals surface area contributed by atoms with Gasteiger partial charge in [0.05, 0.1) is 35.6 Å². The number of aromatic amines is 1. The van der Waals surface area contributed by atoms with Crippen LogP contribution in [0, 0.1) is 6.92 Å². The van der Waals surface area contributed by atoms with Crippen LogP contribution in [-0.4, -0.2) is 60.3 Å². The molecular formula is C16H22N4O3S. The van der Waals surface area contributed by atoms with E-state index >= 15 is 0 Å². The van der Waals surface area contributed by atoms with Crippen molar-refractivity contribution in [3.63, 3.8) is 0 Å². The molecule has 0 bridgehead atoms. The Bertz CT molecular complexity index is 859. The monoisotopic (exact) mass is 350 g/mol. The Hall–Kier alpha value is -1.93. The van der Waals surface area contributed by atoms with Crippen LogP contribution < -0.4 is 5.32 Å². The first kappa shape index (κ1) is 16.9. The summed E-state index contributed by atoms with van der Waals surface area (Å²) in [5, 5.41) is 2.83. The molecule has 7 nitrogen and oxygen atoms in total. The molecule has 130 valence electrons. The van der Waals surface area contributed by atoms with E-state index in [9.17, 15) is 13.2 Å². The van der Waals surface area contributed by atoms with Gasteiger partial charge in [-0.05, 0) is 38.1 Å². The molecule has 0 spiro atoms. The molecule has 1 fully saturated rings. The van der Waals surface area contributed by atoms with E-state index in [1.807, 2.05) is 30.0 Å². The number of hydrogen-bond acceptors (Lipinski definition) is 5. The molecule has 3 rings (SSSR count). The number of carbonyl (C=O) groups is 1. The van der Waals surface area contributed by atoms with E-state index in [0.29, 0.717) is 18.8 Å². The van der Waals surface area contributed by atoms with Crippen molar-refractivity contribution in [1.29, 1.82) is 0 Å². The number of likely N-dealkylation sites (N-methyl/N-ethyl adjacent to an activating group) is 1. The number of aromatic nitrogens is 2. The molecule has 2 heterocycles. The van der Waals surface area contributed by atoms with Crippen LogP contribution in [-0.2, 0) is 21.2 Å². The molecule has 1 saturated heterocycles. The highest BCUT2D eigenvalue weighted by Crippen LogP contribution is 2.16. The number of imidazole rings is 1. The first-order valence-corrected chi connectivity index (χ1v) is 9.77. The van der Waals surface area contributed by atoms with Crippen molar-refractivity contribution in [2.75, 3.05) is 25.1 Å². The zero-order valence-electron chi connectivity index (χ0n) is 13.9. The molecule has 1 aromatic carbocycles. The molecule has 2 N–H and O–H groups in total. The van der Waals surface area contributed by atoms with Crippen LogP contribution in [0.4, 0.5) is 0 Å². The maximum atomic E-state index is 12.1. The minimum absolute atomic E-state index is 0.0741. The Kier molecular flexibility index (Phi) is 4.60. The van der Waals surface area contributed by atoms with E-state index < -0.39 is 9.84 Å². The second kappa shape index (κ2) is 6.52. The Morgan fingerprint density at radius 1 is 1.46 bits per heavy atom. The number of nitrogens with zero attached hydrogens (tertiary/aromatic N) is 2.